The van der Waals surface area contributed by atoms with Gasteiger partial charge in [-0.2, -0.15) is 0 Å². The number of imide groups is 1. The maximum Gasteiger partial charge on any atom is 0.263 e. The number of aromatic nitrogens is 4. The molecule has 8 heterocycles. The second kappa shape index (κ2) is 19.0. The average molecular weight is 897 g/mol. The molecule has 3 amide bonds. The highest BCUT2D eigenvalue weighted by molar-refractivity contribution is 6.05. The number of piperazine rings is 1. The first-order chi connectivity index (χ1) is 32.1. The highest BCUT2D eigenvalue weighted by Gasteiger charge is 2.39. The number of piperidine rings is 3. The molecule has 1 saturated carbocycles. The van der Waals surface area contributed by atoms with E-state index in [0.717, 1.165) is 118 Å². The fourth-order valence-electron chi connectivity index (χ4n) is 11.9. The molecule has 1 unspecified atom stereocenters. The van der Waals surface area contributed by atoms with Crippen LogP contribution in [0.4, 0.5) is 11.4 Å². The summed E-state index contributed by atoms with van der Waals surface area (Å²) in [4.78, 5) is 89.7. The third-order valence-corrected chi connectivity index (χ3v) is 15.8. The summed E-state index contributed by atoms with van der Waals surface area (Å²) in [6.07, 6.45) is 15.1. The van der Waals surface area contributed by atoms with Crippen molar-refractivity contribution in [2.24, 2.45) is 11.8 Å². The van der Waals surface area contributed by atoms with E-state index >= 15 is 0 Å². The van der Waals surface area contributed by atoms with Crippen LogP contribution in [0.2, 0.25) is 0 Å². The standard InChI is InChI=1S/C51H64N10O5/c1-33-43-31-53-45(54-48(43)61(39-5-3-4-6-39)51(66)47(33)34(2)62)29-38-7-8-41(30-52-38)59-25-23-57(24-26-59)22-21-56-17-13-35(14-18-56)27-36-15-19-58(20-16-36)40-9-10-42-37(28-40)32-60(50(42)65)44-11-12-46(63)55-49(44)64/h7-10,28,30-31,35-36,39,44H,3-6,11-27,29,32H2,1-2H3,(H,55,63,64). The van der Waals surface area contributed by atoms with E-state index < -0.39 is 6.04 Å². The molecule has 6 aliphatic rings. The van der Waals surface area contributed by atoms with Crippen molar-refractivity contribution in [2.45, 2.75) is 110 Å². The van der Waals surface area contributed by atoms with Gasteiger partial charge in [-0.05, 0) is 132 Å². The fraction of sp³-hybridized carbons (Fsp3) is 0.569. The molecule has 4 aromatic rings. The molecule has 1 atom stereocenters. The summed E-state index contributed by atoms with van der Waals surface area (Å²) >= 11 is 0. The SMILES string of the molecule is CC(=O)c1c(C)c2cnc(Cc3ccc(N4CCN(CCN5CCC(CC6CCN(c7ccc8c(c7)CN(C7CCC(=O)NC7=O)C8=O)CC6)CC5)CC4)cn3)nc2n(C2CCCC2)c1=O. The number of ketones is 1. The number of amides is 3. The second-order valence-corrected chi connectivity index (χ2v) is 19.9. The van der Waals surface area contributed by atoms with Gasteiger partial charge >= 0.3 is 0 Å². The Morgan fingerprint density at radius 1 is 0.758 bits per heavy atom. The van der Waals surface area contributed by atoms with Crippen LogP contribution >= 0.6 is 0 Å². The van der Waals surface area contributed by atoms with Crippen LogP contribution in [0.5, 0.6) is 0 Å². The number of nitrogens with zero attached hydrogens (tertiary/aromatic N) is 9. The summed E-state index contributed by atoms with van der Waals surface area (Å²) in [6, 6.07) is 9.83. The summed E-state index contributed by atoms with van der Waals surface area (Å²) in [6.45, 7) is 14.4. The average Bonchev–Trinajstić information content (AvgIpc) is 3.97. The lowest BCUT2D eigenvalue weighted by molar-refractivity contribution is -0.136. The highest BCUT2D eigenvalue weighted by Crippen LogP contribution is 2.35. The molecule has 5 fully saturated rings. The van der Waals surface area contributed by atoms with Gasteiger partial charge in [0.05, 0.1) is 23.9 Å². The van der Waals surface area contributed by atoms with Crippen LogP contribution in [0.3, 0.4) is 0 Å². The number of benzene rings is 1. The summed E-state index contributed by atoms with van der Waals surface area (Å²) in [7, 11) is 0. The van der Waals surface area contributed by atoms with Crippen molar-refractivity contribution in [3.63, 3.8) is 0 Å². The minimum Gasteiger partial charge on any atom is -0.372 e. The predicted octanol–water partition coefficient (Wildman–Crippen LogP) is 5.31. The van der Waals surface area contributed by atoms with E-state index in [-0.39, 0.29) is 47.1 Å². The Kier molecular flexibility index (Phi) is 12.7. The monoisotopic (exact) mass is 897 g/mol. The van der Waals surface area contributed by atoms with E-state index in [1.165, 1.54) is 52.1 Å². The molecule has 0 spiro atoms. The molecular weight excluding hydrogens is 833 g/mol. The third-order valence-electron chi connectivity index (χ3n) is 15.8. The normalized spacial score (nSPS) is 21.9. The zero-order valence-corrected chi connectivity index (χ0v) is 38.7. The van der Waals surface area contributed by atoms with Gasteiger partial charge < -0.3 is 19.6 Å². The van der Waals surface area contributed by atoms with Crippen molar-refractivity contribution >= 4 is 45.9 Å². The van der Waals surface area contributed by atoms with Gasteiger partial charge in [-0.25, -0.2) is 9.97 Å². The zero-order chi connectivity index (χ0) is 45.5. The van der Waals surface area contributed by atoms with Gasteiger partial charge in [0.15, 0.2) is 5.78 Å². The predicted molar refractivity (Wildman–Crippen MR) is 253 cm³/mol. The quantitative estimate of drug-likeness (QED) is 0.145. The van der Waals surface area contributed by atoms with E-state index in [4.69, 9.17) is 9.97 Å². The summed E-state index contributed by atoms with van der Waals surface area (Å²) in [5.74, 6) is 1.22. The van der Waals surface area contributed by atoms with Crippen molar-refractivity contribution in [1.82, 2.24) is 39.5 Å². The number of carbonyl (C=O) groups excluding carboxylic acids is 4. The molecule has 4 saturated heterocycles. The topological polar surface area (TPSA) is 157 Å². The van der Waals surface area contributed by atoms with E-state index in [9.17, 15) is 24.0 Å². The lowest BCUT2D eigenvalue weighted by Crippen LogP contribution is -2.52. The van der Waals surface area contributed by atoms with Crippen LogP contribution in [0.15, 0.2) is 47.5 Å². The Morgan fingerprint density at radius 2 is 1.44 bits per heavy atom. The number of aryl methyl sites for hydroxylation is 1. The smallest absolute Gasteiger partial charge is 0.263 e. The number of hydrogen-bond acceptors (Lipinski definition) is 12. The highest BCUT2D eigenvalue weighted by atomic mass is 16.2. The number of anilines is 2. The summed E-state index contributed by atoms with van der Waals surface area (Å²) < 4.78 is 1.77. The fourth-order valence-corrected chi connectivity index (χ4v) is 11.9. The van der Waals surface area contributed by atoms with Gasteiger partial charge in [-0.3, -0.25) is 43.7 Å². The Morgan fingerprint density at radius 3 is 2.12 bits per heavy atom. The van der Waals surface area contributed by atoms with Crippen molar-refractivity contribution < 1.29 is 19.2 Å². The minimum absolute atomic E-state index is 0.0526. The molecule has 0 radical (unpaired) electrons. The van der Waals surface area contributed by atoms with Gasteiger partial charge in [0.2, 0.25) is 11.8 Å². The lowest BCUT2D eigenvalue weighted by atomic mass is 9.82. The Labute approximate surface area is 386 Å². The maximum absolute atomic E-state index is 13.6. The van der Waals surface area contributed by atoms with Gasteiger partial charge in [0.25, 0.3) is 11.5 Å². The van der Waals surface area contributed by atoms with Crippen LogP contribution in [-0.2, 0) is 22.6 Å². The van der Waals surface area contributed by atoms with E-state index in [0.29, 0.717) is 42.0 Å². The van der Waals surface area contributed by atoms with Crippen LogP contribution in [-0.4, -0.2) is 129 Å². The molecule has 15 heteroatoms. The van der Waals surface area contributed by atoms with Crippen molar-refractivity contribution in [3.8, 4) is 0 Å². The number of Topliss-reactive ketones (excluding diaryl/α,β-unsaturated/α-hetero) is 1. The molecule has 15 nitrogen and oxygen atoms in total. The first-order valence-electron chi connectivity index (χ1n) is 24.6. The van der Waals surface area contributed by atoms with Crippen molar-refractivity contribution in [1.29, 1.82) is 0 Å². The number of hydrogen-bond donors (Lipinski definition) is 1. The van der Waals surface area contributed by atoms with Crippen LogP contribution < -0.4 is 20.7 Å². The number of carbonyl (C=O) groups is 4. The minimum atomic E-state index is -0.582. The Hall–Kier alpha value is -5.54. The van der Waals surface area contributed by atoms with Gasteiger partial charge in [-0.15, -0.1) is 0 Å². The van der Waals surface area contributed by atoms with Gasteiger partial charge in [0, 0.05) is 99.9 Å². The third kappa shape index (κ3) is 9.12. The van der Waals surface area contributed by atoms with E-state index in [1.54, 1.807) is 15.7 Å². The first kappa shape index (κ1) is 44.3. The van der Waals surface area contributed by atoms with Crippen LogP contribution in [0.1, 0.15) is 127 Å². The van der Waals surface area contributed by atoms with E-state index in [2.05, 4.69) is 54.2 Å². The largest absolute Gasteiger partial charge is 0.372 e. The number of fused-ring (bicyclic) bond motifs is 2. The second-order valence-electron chi connectivity index (χ2n) is 19.9. The Bertz CT molecular complexity index is 2550. The van der Waals surface area contributed by atoms with Gasteiger partial charge in [0.1, 0.15) is 17.5 Å². The number of nitrogens with one attached hydrogen (secondary N) is 1. The number of likely N-dealkylation sites (tertiary alicyclic amines) is 1. The first-order valence-corrected chi connectivity index (χ1v) is 24.6. The van der Waals surface area contributed by atoms with Crippen LogP contribution in [0.25, 0.3) is 11.0 Å². The molecule has 66 heavy (non-hydrogen) atoms. The lowest BCUT2D eigenvalue weighted by Gasteiger charge is -2.39. The summed E-state index contributed by atoms with van der Waals surface area (Å²) in [5, 5.41) is 3.16. The molecule has 1 aromatic carbocycles. The molecule has 5 aliphatic heterocycles. The molecule has 10 rings (SSSR count). The molecule has 0 bridgehead atoms. The molecule has 1 N–H and O–H groups in total. The van der Waals surface area contributed by atoms with Crippen LogP contribution in [0, 0.1) is 18.8 Å². The van der Waals surface area contributed by atoms with E-state index in [1.807, 2.05) is 19.2 Å². The van der Waals surface area contributed by atoms with Gasteiger partial charge in [-0.1, -0.05) is 12.8 Å². The maximum atomic E-state index is 13.6. The number of rotatable bonds is 12. The summed E-state index contributed by atoms with van der Waals surface area (Å²) in [5.41, 5.74) is 6.13. The molecule has 3 aromatic heterocycles. The Balaban J connectivity index is 0.641. The number of pyridine rings is 2. The molecular formula is C51H64N10O5. The van der Waals surface area contributed by atoms with Crippen molar-refractivity contribution in [2.75, 3.05) is 75.2 Å². The zero-order valence-electron chi connectivity index (χ0n) is 38.7. The van der Waals surface area contributed by atoms with Crippen molar-refractivity contribution in [3.05, 3.63) is 86.9 Å². The molecule has 348 valence electrons. The molecule has 1 aliphatic carbocycles.